The minimum absolute atomic E-state index is 0.153. The van der Waals surface area contributed by atoms with Crippen LogP contribution in [0.2, 0.25) is 0 Å². The van der Waals surface area contributed by atoms with Crippen LogP contribution in [-0.2, 0) is 0 Å². The van der Waals surface area contributed by atoms with E-state index in [1.165, 1.54) is 19.3 Å². The van der Waals surface area contributed by atoms with Gasteiger partial charge in [0.25, 0.3) is 0 Å². The topological polar surface area (TPSA) is 32.3 Å². The Morgan fingerprint density at radius 1 is 1.33 bits per heavy atom. The van der Waals surface area contributed by atoms with Crippen LogP contribution in [0.4, 0.5) is 0 Å². The van der Waals surface area contributed by atoms with E-state index in [2.05, 4.69) is 26.1 Å². The molecule has 0 aromatic carbocycles. The zero-order valence-corrected chi connectivity index (χ0v) is 10.5. The maximum Gasteiger partial charge on any atom is 0.0664 e. The summed E-state index contributed by atoms with van der Waals surface area (Å²) in [6, 6.07) is 0.625. The van der Waals surface area contributed by atoms with Gasteiger partial charge in [-0.3, -0.25) is 0 Å². The van der Waals surface area contributed by atoms with Crippen molar-refractivity contribution in [2.75, 3.05) is 6.54 Å². The number of rotatable bonds is 5. The first-order valence-corrected chi connectivity index (χ1v) is 6.55. The Balaban J connectivity index is 2.23. The minimum atomic E-state index is -0.153. The van der Waals surface area contributed by atoms with E-state index < -0.39 is 0 Å². The normalized spacial score (nSPS) is 34.0. The minimum Gasteiger partial charge on any atom is -0.392 e. The highest BCUT2D eigenvalue weighted by atomic mass is 16.3. The molecule has 2 nitrogen and oxygen atoms in total. The van der Waals surface area contributed by atoms with Gasteiger partial charge in [0, 0.05) is 12.6 Å². The van der Waals surface area contributed by atoms with E-state index in [1.807, 2.05) is 0 Å². The van der Waals surface area contributed by atoms with E-state index in [9.17, 15) is 5.11 Å². The highest BCUT2D eigenvalue weighted by Crippen LogP contribution is 2.28. The van der Waals surface area contributed by atoms with Gasteiger partial charge in [-0.1, -0.05) is 33.6 Å². The summed E-state index contributed by atoms with van der Waals surface area (Å²) < 4.78 is 0. The Morgan fingerprint density at radius 3 is 2.73 bits per heavy atom. The van der Waals surface area contributed by atoms with Crippen molar-refractivity contribution in [3.63, 3.8) is 0 Å². The van der Waals surface area contributed by atoms with Crippen LogP contribution in [0.1, 0.15) is 52.9 Å². The average Bonchev–Trinajstić information content (AvgIpc) is 2.20. The first-order chi connectivity index (χ1) is 7.13. The molecule has 15 heavy (non-hydrogen) atoms. The van der Waals surface area contributed by atoms with E-state index >= 15 is 0 Å². The molecule has 4 atom stereocenters. The van der Waals surface area contributed by atoms with Gasteiger partial charge in [0.15, 0.2) is 0 Å². The van der Waals surface area contributed by atoms with Crippen LogP contribution in [0.15, 0.2) is 0 Å². The molecule has 0 aliphatic heterocycles. The van der Waals surface area contributed by atoms with Crippen molar-refractivity contribution >= 4 is 0 Å². The molecule has 0 heterocycles. The van der Waals surface area contributed by atoms with Crippen LogP contribution >= 0.6 is 0 Å². The summed E-state index contributed by atoms with van der Waals surface area (Å²) in [6.45, 7) is 7.56. The third-order valence-electron chi connectivity index (χ3n) is 3.70. The van der Waals surface area contributed by atoms with Gasteiger partial charge in [-0.05, 0) is 31.1 Å². The third-order valence-corrected chi connectivity index (χ3v) is 3.70. The average molecular weight is 213 g/mol. The summed E-state index contributed by atoms with van der Waals surface area (Å²) in [4.78, 5) is 0. The first kappa shape index (κ1) is 13.0. The summed E-state index contributed by atoms with van der Waals surface area (Å²) in [5, 5.41) is 13.2. The zero-order chi connectivity index (χ0) is 11.3. The number of aliphatic hydroxyl groups excluding tert-OH is 1. The van der Waals surface area contributed by atoms with Gasteiger partial charge >= 0.3 is 0 Å². The summed E-state index contributed by atoms with van der Waals surface area (Å²) in [5.74, 6) is 1.62. The molecule has 2 heteroatoms. The molecular formula is C13H27NO. The van der Waals surface area contributed by atoms with Crippen molar-refractivity contribution in [1.82, 2.24) is 5.32 Å². The molecule has 1 saturated carbocycles. The van der Waals surface area contributed by atoms with Crippen molar-refractivity contribution < 1.29 is 5.11 Å². The first-order valence-electron chi connectivity index (χ1n) is 6.55. The Morgan fingerprint density at radius 2 is 2.07 bits per heavy atom. The van der Waals surface area contributed by atoms with Crippen molar-refractivity contribution in [1.29, 1.82) is 0 Å². The quantitative estimate of drug-likeness (QED) is 0.735. The van der Waals surface area contributed by atoms with Gasteiger partial charge in [-0.2, -0.15) is 0 Å². The maximum atomic E-state index is 9.67. The van der Waals surface area contributed by atoms with Gasteiger partial charge in [0.1, 0.15) is 0 Å². The molecule has 0 aromatic heterocycles. The van der Waals surface area contributed by atoms with Crippen LogP contribution in [-0.4, -0.2) is 23.8 Å². The second kappa shape index (κ2) is 6.49. The lowest BCUT2D eigenvalue weighted by Gasteiger charge is -2.34. The number of nitrogens with one attached hydrogen (secondary N) is 1. The fraction of sp³-hybridized carbons (Fsp3) is 1.00. The van der Waals surface area contributed by atoms with Crippen LogP contribution in [0.3, 0.4) is 0 Å². The van der Waals surface area contributed by atoms with E-state index in [0.717, 1.165) is 31.2 Å². The van der Waals surface area contributed by atoms with Gasteiger partial charge in [0.05, 0.1) is 6.10 Å². The maximum absolute atomic E-state index is 9.67. The molecule has 2 N–H and O–H groups in total. The van der Waals surface area contributed by atoms with Gasteiger partial charge in [-0.15, -0.1) is 0 Å². The predicted octanol–water partition coefficient (Wildman–Crippen LogP) is 2.56. The Labute approximate surface area is 94.5 Å². The second-order valence-corrected chi connectivity index (χ2v) is 5.35. The molecule has 1 fully saturated rings. The molecular weight excluding hydrogens is 186 g/mol. The highest BCUT2D eigenvalue weighted by Gasteiger charge is 2.25. The monoisotopic (exact) mass is 213 g/mol. The number of hydrogen-bond acceptors (Lipinski definition) is 2. The van der Waals surface area contributed by atoms with Crippen molar-refractivity contribution in [2.45, 2.75) is 65.0 Å². The zero-order valence-electron chi connectivity index (χ0n) is 10.5. The molecule has 0 aromatic rings. The lowest BCUT2D eigenvalue weighted by atomic mass is 9.80. The van der Waals surface area contributed by atoms with Crippen LogP contribution in [0.5, 0.6) is 0 Å². The lowest BCUT2D eigenvalue weighted by molar-refractivity contribution is 0.140. The number of aliphatic hydroxyl groups is 1. The SMILES string of the molecule is CCCC(O)CNC1CC(C)CCC1C. The Bertz CT molecular complexity index is 172. The molecule has 1 aliphatic carbocycles. The largest absolute Gasteiger partial charge is 0.392 e. The summed E-state index contributed by atoms with van der Waals surface area (Å²) in [5.41, 5.74) is 0. The van der Waals surface area contributed by atoms with E-state index in [0.29, 0.717) is 6.04 Å². The van der Waals surface area contributed by atoms with Crippen molar-refractivity contribution in [3.05, 3.63) is 0 Å². The predicted molar refractivity (Wildman–Crippen MR) is 64.9 cm³/mol. The van der Waals surface area contributed by atoms with Crippen LogP contribution in [0, 0.1) is 11.8 Å². The fourth-order valence-corrected chi connectivity index (χ4v) is 2.54. The lowest BCUT2D eigenvalue weighted by Crippen LogP contribution is -2.42. The molecule has 1 aliphatic rings. The van der Waals surface area contributed by atoms with Crippen LogP contribution < -0.4 is 5.32 Å². The fourth-order valence-electron chi connectivity index (χ4n) is 2.54. The third kappa shape index (κ3) is 4.52. The van der Waals surface area contributed by atoms with Crippen molar-refractivity contribution in [3.8, 4) is 0 Å². The molecule has 1 rings (SSSR count). The molecule has 0 bridgehead atoms. The van der Waals surface area contributed by atoms with E-state index in [4.69, 9.17) is 0 Å². The standard InChI is InChI=1S/C13H27NO/c1-4-5-12(15)9-14-13-8-10(2)6-7-11(13)3/h10-15H,4-9H2,1-3H3. The van der Waals surface area contributed by atoms with Gasteiger partial charge < -0.3 is 10.4 Å². The molecule has 0 radical (unpaired) electrons. The van der Waals surface area contributed by atoms with E-state index in [1.54, 1.807) is 0 Å². The molecule has 90 valence electrons. The highest BCUT2D eigenvalue weighted by molar-refractivity contribution is 4.81. The van der Waals surface area contributed by atoms with E-state index in [-0.39, 0.29) is 6.10 Å². The summed E-state index contributed by atoms with van der Waals surface area (Å²) in [6.07, 6.45) is 5.82. The second-order valence-electron chi connectivity index (χ2n) is 5.35. The molecule has 0 spiro atoms. The summed E-state index contributed by atoms with van der Waals surface area (Å²) in [7, 11) is 0. The van der Waals surface area contributed by atoms with Crippen molar-refractivity contribution in [2.24, 2.45) is 11.8 Å². The Hall–Kier alpha value is -0.0800. The van der Waals surface area contributed by atoms with Gasteiger partial charge in [-0.25, -0.2) is 0 Å². The summed E-state index contributed by atoms with van der Waals surface area (Å²) >= 11 is 0. The van der Waals surface area contributed by atoms with Crippen LogP contribution in [0.25, 0.3) is 0 Å². The molecule has 4 unspecified atom stereocenters. The Kier molecular flexibility index (Phi) is 5.62. The molecule has 0 amide bonds. The van der Waals surface area contributed by atoms with Gasteiger partial charge in [0.2, 0.25) is 0 Å². The smallest absolute Gasteiger partial charge is 0.0664 e. The molecule has 0 saturated heterocycles. The number of hydrogen-bond donors (Lipinski definition) is 2.